The third-order valence-electron chi connectivity index (χ3n) is 4.54. The maximum Gasteiger partial charge on any atom is 0.416 e. The lowest BCUT2D eigenvalue weighted by atomic mass is 9.96. The van der Waals surface area contributed by atoms with Crippen molar-refractivity contribution in [2.75, 3.05) is 19.6 Å². The molecule has 0 spiro atoms. The Morgan fingerprint density at radius 1 is 1.35 bits per heavy atom. The number of likely N-dealkylation sites (tertiary alicyclic amines) is 1. The van der Waals surface area contributed by atoms with Crippen LogP contribution in [0.3, 0.4) is 0 Å². The summed E-state index contributed by atoms with van der Waals surface area (Å²) in [6, 6.07) is 4.75. The Morgan fingerprint density at radius 3 is 2.69 bits per heavy atom. The minimum Gasteiger partial charge on any atom is -0.387 e. The molecule has 26 heavy (non-hydrogen) atoms. The standard InChI is InChI=1S/C18H23F3N2O3/c1-2-16(25)23-9-5-6-12(11-23)17(26)22-10-15(24)13-7-3-4-8-14(13)18(19,20)21/h3-4,7-8,12,15,24H,2,5-6,9-11H2,1H3,(H,22,26). The van der Waals surface area contributed by atoms with Crippen LogP contribution >= 0.6 is 0 Å². The van der Waals surface area contributed by atoms with Crippen LogP contribution in [-0.4, -0.2) is 41.5 Å². The van der Waals surface area contributed by atoms with Crippen LogP contribution in [0.4, 0.5) is 13.2 Å². The van der Waals surface area contributed by atoms with Gasteiger partial charge in [0.1, 0.15) is 0 Å². The van der Waals surface area contributed by atoms with Gasteiger partial charge in [0.15, 0.2) is 0 Å². The fourth-order valence-electron chi connectivity index (χ4n) is 3.14. The number of hydrogen-bond donors (Lipinski definition) is 2. The molecule has 1 saturated heterocycles. The molecule has 1 aliphatic rings. The van der Waals surface area contributed by atoms with Crippen molar-refractivity contribution in [2.24, 2.45) is 5.92 Å². The Kier molecular flexibility index (Phi) is 6.63. The summed E-state index contributed by atoms with van der Waals surface area (Å²) in [5, 5.41) is 12.6. The number of benzene rings is 1. The van der Waals surface area contributed by atoms with Gasteiger partial charge >= 0.3 is 6.18 Å². The first-order valence-corrected chi connectivity index (χ1v) is 8.63. The average Bonchev–Trinajstić information content (AvgIpc) is 2.64. The Labute approximate surface area is 150 Å². The number of nitrogens with one attached hydrogen (secondary N) is 1. The fraction of sp³-hybridized carbons (Fsp3) is 0.556. The topological polar surface area (TPSA) is 69.6 Å². The van der Waals surface area contributed by atoms with E-state index < -0.39 is 23.8 Å². The van der Waals surface area contributed by atoms with E-state index in [1.54, 1.807) is 11.8 Å². The van der Waals surface area contributed by atoms with E-state index in [9.17, 15) is 27.9 Å². The number of hydrogen-bond acceptors (Lipinski definition) is 3. The largest absolute Gasteiger partial charge is 0.416 e. The van der Waals surface area contributed by atoms with Gasteiger partial charge in [-0.15, -0.1) is 0 Å². The van der Waals surface area contributed by atoms with E-state index >= 15 is 0 Å². The molecule has 2 atom stereocenters. The molecule has 0 bridgehead atoms. The summed E-state index contributed by atoms with van der Waals surface area (Å²) >= 11 is 0. The van der Waals surface area contributed by atoms with Crippen LogP contribution in [0, 0.1) is 5.92 Å². The van der Waals surface area contributed by atoms with Crippen LogP contribution in [0.1, 0.15) is 43.4 Å². The van der Waals surface area contributed by atoms with Crippen LogP contribution in [0.5, 0.6) is 0 Å². The minimum atomic E-state index is -4.58. The number of carbonyl (C=O) groups excluding carboxylic acids is 2. The molecule has 1 aliphatic heterocycles. The maximum atomic E-state index is 13.0. The van der Waals surface area contributed by atoms with Gasteiger partial charge in [-0.2, -0.15) is 13.2 Å². The Bertz CT molecular complexity index is 649. The summed E-state index contributed by atoms with van der Waals surface area (Å²) < 4.78 is 39.0. The maximum absolute atomic E-state index is 13.0. The van der Waals surface area contributed by atoms with Gasteiger partial charge in [0.2, 0.25) is 11.8 Å². The lowest BCUT2D eigenvalue weighted by Crippen LogP contribution is -2.45. The first-order valence-electron chi connectivity index (χ1n) is 8.63. The smallest absolute Gasteiger partial charge is 0.387 e. The molecule has 0 aromatic heterocycles. The zero-order valence-electron chi connectivity index (χ0n) is 14.6. The summed E-state index contributed by atoms with van der Waals surface area (Å²) in [5.74, 6) is -0.798. The second-order valence-corrected chi connectivity index (χ2v) is 6.38. The van der Waals surface area contributed by atoms with Gasteiger partial charge in [-0.1, -0.05) is 25.1 Å². The van der Waals surface area contributed by atoms with Crippen LogP contribution in [-0.2, 0) is 15.8 Å². The molecule has 1 fully saturated rings. The van der Waals surface area contributed by atoms with E-state index in [0.29, 0.717) is 32.4 Å². The predicted molar refractivity (Wildman–Crippen MR) is 89.0 cm³/mol. The summed E-state index contributed by atoms with van der Waals surface area (Å²) in [5.41, 5.74) is -1.19. The van der Waals surface area contributed by atoms with Crippen molar-refractivity contribution in [1.82, 2.24) is 10.2 Å². The number of aliphatic hydroxyl groups excluding tert-OH is 1. The number of rotatable bonds is 5. The Morgan fingerprint density at radius 2 is 2.04 bits per heavy atom. The molecule has 0 radical (unpaired) electrons. The average molecular weight is 372 g/mol. The van der Waals surface area contributed by atoms with Crippen LogP contribution in [0.2, 0.25) is 0 Å². The quantitative estimate of drug-likeness (QED) is 0.834. The first kappa shape index (κ1) is 20.2. The molecule has 1 aromatic carbocycles. The van der Waals surface area contributed by atoms with Gasteiger partial charge in [-0.3, -0.25) is 9.59 Å². The van der Waals surface area contributed by atoms with Gasteiger partial charge < -0.3 is 15.3 Å². The normalized spacial score (nSPS) is 19.1. The number of alkyl halides is 3. The molecule has 2 unspecified atom stereocenters. The molecule has 0 saturated carbocycles. The van der Waals surface area contributed by atoms with E-state index in [4.69, 9.17) is 0 Å². The SMILES string of the molecule is CCC(=O)N1CCCC(C(=O)NCC(O)c2ccccc2C(F)(F)F)C1. The number of piperidine rings is 1. The number of carbonyl (C=O) groups is 2. The van der Waals surface area contributed by atoms with E-state index in [2.05, 4.69) is 5.32 Å². The molecular weight excluding hydrogens is 349 g/mol. The molecule has 144 valence electrons. The molecule has 8 heteroatoms. The zero-order valence-corrected chi connectivity index (χ0v) is 14.6. The van der Waals surface area contributed by atoms with Crippen molar-refractivity contribution in [2.45, 2.75) is 38.5 Å². The van der Waals surface area contributed by atoms with Crippen LogP contribution in [0.15, 0.2) is 24.3 Å². The van der Waals surface area contributed by atoms with Crippen LogP contribution < -0.4 is 5.32 Å². The fourth-order valence-corrected chi connectivity index (χ4v) is 3.14. The minimum absolute atomic E-state index is 0.0263. The Hall–Kier alpha value is -2.09. The summed E-state index contributed by atoms with van der Waals surface area (Å²) in [6.07, 6.45) is -4.38. The van der Waals surface area contributed by atoms with E-state index in [1.807, 2.05) is 0 Å². The van der Waals surface area contributed by atoms with Gasteiger partial charge in [0.25, 0.3) is 0 Å². The zero-order chi connectivity index (χ0) is 19.3. The Balaban J connectivity index is 1.96. The second-order valence-electron chi connectivity index (χ2n) is 6.38. The molecule has 0 aliphatic carbocycles. The van der Waals surface area contributed by atoms with Crippen molar-refractivity contribution in [3.05, 3.63) is 35.4 Å². The van der Waals surface area contributed by atoms with Gasteiger partial charge in [-0.05, 0) is 24.5 Å². The number of halogens is 3. The van der Waals surface area contributed by atoms with Gasteiger partial charge in [0.05, 0.1) is 17.6 Å². The molecule has 1 aromatic rings. The number of amides is 2. The third-order valence-corrected chi connectivity index (χ3v) is 4.54. The lowest BCUT2D eigenvalue weighted by Gasteiger charge is -2.32. The van der Waals surface area contributed by atoms with Crippen molar-refractivity contribution in [1.29, 1.82) is 0 Å². The summed E-state index contributed by atoms with van der Waals surface area (Å²) in [7, 11) is 0. The summed E-state index contributed by atoms with van der Waals surface area (Å²) in [6.45, 7) is 2.34. The van der Waals surface area contributed by atoms with Gasteiger partial charge in [0, 0.05) is 26.1 Å². The van der Waals surface area contributed by atoms with E-state index in [1.165, 1.54) is 18.2 Å². The van der Waals surface area contributed by atoms with Crippen molar-refractivity contribution in [3.8, 4) is 0 Å². The third kappa shape index (κ3) is 4.97. The van der Waals surface area contributed by atoms with E-state index in [-0.39, 0.29) is 23.9 Å². The van der Waals surface area contributed by atoms with Crippen LogP contribution in [0.25, 0.3) is 0 Å². The van der Waals surface area contributed by atoms with E-state index in [0.717, 1.165) is 6.07 Å². The molecule has 2 N–H and O–H groups in total. The molecule has 2 amide bonds. The highest BCUT2D eigenvalue weighted by Crippen LogP contribution is 2.34. The van der Waals surface area contributed by atoms with Gasteiger partial charge in [-0.25, -0.2) is 0 Å². The highest BCUT2D eigenvalue weighted by molar-refractivity contribution is 5.81. The molecular formula is C18H23F3N2O3. The highest BCUT2D eigenvalue weighted by atomic mass is 19.4. The molecule has 1 heterocycles. The van der Waals surface area contributed by atoms with Crippen molar-refractivity contribution < 1.29 is 27.9 Å². The summed E-state index contributed by atoms with van der Waals surface area (Å²) in [4.78, 5) is 25.7. The first-order chi connectivity index (χ1) is 12.2. The number of nitrogens with zero attached hydrogens (tertiary/aromatic N) is 1. The second kappa shape index (κ2) is 8.53. The van der Waals surface area contributed by atoms with Crippen molar-refractivity contribution >= 4 is 11.8 Å². The van der Waals surface area contributed by atoms with Crippen molar-refractivity contribution in [3.63, 3.8) is 0 Å². The highest BCUT2D eigenvalue weighted by Gasteiger charge is 2.35. The monoisotopic (exact) mass is 372 g/mol. The molecule has 5 nitrogen and oxygen atoms in total. The number of aliphatic hydroxyl groups is 1. The molecule has 2 rings (SSSR count). The predicted octanol–water partition coefficient (Wildman–Crippen LogP) is 2.50. The lowest BCUT2D eigenvalue weighted by molar-refractivity contribution is -0.139.